The molecule has 0 amide bonds. The van der Waals surface area contributed by atoms with Gasteiger partial charge in [-0.2, -0.15) is 9.40 Å². The predicted octanol–water partition coefficient (Wildman–Crippen LogP) is 0.211. The van der Waals surface area contributed by atoms with Crippen LogP contribution in [0.5, 0.6) is 0 Å². The first kappa shape index (κ1) is 14.7. The molecule has 1 aromatic heterocycles. The number of hydrogen-bond acceptors (Lipinski definition) is 4. The molecule has 7 heteroatoms. The van der Waals surface area contributed by atoms with Gasteiger partial charge >= 0.3 is 0 Å². The van der Waals surface area contributed by atoms with Crippen LogP contribution in [0.1, 0.15) is 24.7 Å². The number of nitrogens with zero attached hydrogens (tertiary/aromatic N) is 2. The average Bonchev–Trinajstić information content (AvgIpc) is 2.70. The highest BCUT2D eigenvalue weighted by molar-refractivity contribution is 7.89. The van der Waals surface area contributed by atoms with E-state index in [4.69, 9.17) is 12.2 Å². The normalized spacial score (nSPS) is 11.7. The third-order valence-corrected chi connectivity index (χ3v) is 4.54. The van der Waals surface area contributed by atoms with Crippen molar-refractivity contribution in [2.75, 3.05) is 13.1 Å². The van der Waals surface area contributed by atoms with E-state index in [2.05, 4.69) is 16.1 Å². The van der Waals surface area contributed by atoms with Gasteiger partial charge in [0.05, 0.1) is 17.9 Å². The van der Waals surface area contributed by atoms with Gasteiger partial charge in [-0.3, -0.25) is 5.10 Å². The van der Waals surface area contributed by atoms with Gasteiger partial charge in [-0.15, -0.1) is 6.42 Å². The maximum absolute atomic E-state index is 12.5. The predicted molar refractivity (Wildman–Crippen MR) is 69.1 cm³/mol. The molecule has 1 aromatic rings. The summed E-state index contributed by atoms with van der Waals surface area (Å²) in [7, 11) is -3.64. The van der Waals surface area contributed by atoms with Crippen LogP contribution in [0.3, 0.4) is 0 Å². The standard InChI is InChI=1S/C11H18N4O2S/c1-4-6-15(7-5-2)18(16,17)11-9(3)13-14-10(11)8-12/h1H,5-8,12H2,2-3H3,(H,13,14). The number of terminal acetylenes is 1. The lowest BCUT2D eigenvalue weighted by Gasteiger charge is -2.19. The van der Waals surface area contributed by atoms with E-state index in [9.17, 15) is 8.42 Å². The molecule has 0 aromatic carbocycles. The van der Waals surface area contributed by atoms with Crippen molar-refractivity contribution in [3.63, 3.8) is 0 Å². The molecule has 0 aliphatic carbocycles. The zero-order valence-electron chi connectivity index (χ0n) is 10.6. The van der Waals surface area contributed by atoms with Gasteiger partial charge in [-0.1, -0.05) is 12.8 Å². The van der Waals surface area contributed by atoms with Gasteiger partial charge < -0.3 is 5.73 Å². The van der Waals surface area contributed by atoms with Crippen LogP contribution >= 0.6 is 0 Å². The summed E-state index contributed by atoms with van der Waals surface area (Å²) >= 11 is 0. The number of H-pyrrole nitrogens is 1. The number of aromatic nitrogens is 2. The molecule has 0 unspecified atom stereocenters. The van der Waals surface area contributed by atoms with Crippen molar-refractivity contribution >= 4 is 10.0 Å². The number of rotatable bonds is 6. The van der Waals surface area contributed by atoms with Gasteiger partial charge in [0.25, 0.3) is 0 Å². The summed E-state index contributed by atoms with van der Waals surface area (Å²) in [5.74, 6) is 2.36. The van der Waals surface area contributed by atoms with E-state index in [1.54, 1.807) is 6.92 Å². The smallest absolute Gasteiger partial charge is 0.247 e. The van der Waals surface area contributed by atoms with Crippen LogP contribution in [0.4, 0.5) is 0 Å². The second-order valence-electron chi connectivity index (χ2n) is 3.87. The summed E-state index contributed by atoms with van der Waals surface area (Å²) in [5.41, 5.74) is 6.32. The third kappa shape index (κ3) is 2.72. The Morgan fingerprint density at radius 2 is 2.22 bits per heavy atom. The second kappa shape index (κ2) is 6.00. The molecular formula is C11H18N4O2S. The molecular weight excluding hydrogens is 252 g/mol. The van der Waals surface area contributed by atoms with Crippen LogP contribution in [0.2, 0.25) is 0 Å². The SMILES string of the molecule is C#CCN(CCC)S(=O)(=O)c1c(CN)n[nH]c1C. The monoisotopic (exact) mass is 270 g/mol. The quantitative estimate of drug-likeness (QED) is 0.723. The number of hydrogen-bond donors (Lipinski definition) is 2. The van der Waals surface area contributed by atoms with Crippen molar-refractivity contribution < 1.29 is 8.42 Å². The zero-order chi connectivity index (χ0) is 13.8. The van der Waals surface area contributed by atoms with Crippen LogP contribution in [-0.2, 0) is 16.6 Å². The molecule has 100 valence electrons. The molecule has 0 bridgehead atoms. The van der Waals surface area contributed by atoms with Crippen molar-refractivity contribution in [2.45, 2.75) is 31.7 Å². The van der Waals surface area contributed by atoms with Crippen LogP contribution in [0.25, 0.3) is 0 Å². The highest BCUT2D eigenvalue weighted by atomic mass is 32.2. The van der Waals surface area contributed by atoms with E-state index in [0.29, 0.717) is 24.4 Å². The fourth-order valence-corrected chi connectivity index (χ4v) is 3.50. The van der Waals surface area contributed by atoms with Gasteiger partial charge in [0.15, 0.2) is 0 Å². The van der Waals surface area contributed by atoms with Gasteiger partial charge in [0, 0.05) is 13.1 Å². The number of aromatic amines is 1. The largest absolute Gasteiger partial charge is 0.325 e. The molecule has 0 aliphatic heterocycles. The Balaban J connectivity index is 3.26. The summed E-state index contributed by atoms with van der Waals surface area (Å²) in [6, 6.07) is 0. The fourth-order valence-electron chi connectivity index (χ4n) is 1.71. The second-order valence-corrected chi connectivity index (χ2v) is 5.75. The summed E-state index contributed by atoms with van der Waals surface area (Å²) in [6.07, 6.45) is 5.90. The van der Waals surface area contributed by atoms with Gasteiger partial charge in [0.1, 0.15) is 4.90 Å². The van der Waals surface area contributed by atoms with E-state index < -0.39 is 10.0 Å². The molecule has 1 heterocycles. The number of nitrogens with two attached hydrogens (primary N) is 1. The van der Waals surface area contributed by atoms with Gasteiger partial charge in [-0.05, 0) is 13.3 Å². The minimum Gasteiger partial charge on any atom is -0.325 e. The fraction of sp³-hybridized carbons (Fsp3) is 0.545. The molecule has 0 fully saturated rings. The minimum atomic E-state index is -3.64. The maximum Gasteiger partial charge on any atom is 0.247 e. The zero-order valence-corrected chi connectivity index (χ0v) is 11.4. The summed E-state index contributed by atoms with van der Waals surface area (Å²) < 4.78 is 26.2. The minimum absolute atomic E-state index is 0.0464. The molecule has 1 rings (SSSR count). The Morgan fingerprint density at radius 3 is 2.72 bits per heavy atom. The Morgan fingerprint density at radius 1 is 1.56 bits per heavy atom. The number of nitrogens with one attached hydrogen (secondary N) is 1. The first-order valence-electron chi connectivity index (χ1n) is 5.66. The summed E-state index contributed by atoms with van der Waals surface area (Å²) in [6.45, 7) is 4.03. The molecule has 0 saturated carbocycles. The molecule has 3 N–H and O–H groups in total. The maximum atomic E-state index is 12.5. The van der Waals surface area contributed by atoms with Crippen molar-refractivity contribution in [2.24, 2.45) is 5.73 Å². The molecule has 18 heavy (non-hydrogen) atoms. The van der Waals surface area contributed by atoms with E-state index >= 15 is 0 Å². The lowest BCUT2D eigenvalue weighted by Crippen LogP contribution is -2.33. The lowest BCUT2D eigenvalue weighted by atomic mass is 10.4. The van der Waals surface area contributed by atoms with E-state index in [1.165, 1.54) is 4.31 Å². The average molecular weight is 270 g/mol. The van der Waals surface area contributed by atoms with Crippen LogP contribution in [0, 0.1) is 19.3 Å². The third-order valence-electron chi connectivity index (χ3n) is 2.49. The summed E-state index contributed by atoms with van der Waals surface area (Å²) in [4.78, 5) is 0.147. The van der Waals surface area contributed by atoms with E-state index in [0.717, 1.165) is 0 Å². The Hall–Kier alpha value is -1.36. The van der Waals surface area contributed by atoms with Crippen LogP contribution in [-0.4, -0.2) is 36.0 Å². The van der Waals surface area contributed by atoms with Crippen molar-refractivity contribution in [3.8, 4) is 12.3 Å². The molecule has 0 radical (unpaired) electrons. The topological polar surface area (TPSA) is 92.1 Å². The Kier molecular flexibility index (Phi) is 4.90. The van der Waals surface area contributed by atoms with Crippen LogP contribution < -0.4 is 5.73 Å². The van der Waals surface area contributed by atoms with E-state index in [-0.39, 0.29) is 18.0 Å². The molecule has 0 saturated heterocycles. The van der Waals surface area contributed by atoms with E-state index in [1.807, 2.05) is 6.92 Å². The summed E-state index contributed by atoms with van der Waals surface area (Å²) in [5, 5.41) is 6.54. The number of sulfonamides is 1. The molecule has 0 spiro atoms. The van der Waals surface area contributed by atoms with Crippen molar-refractivity contribution in [3.05, 3.63) is 11.4 Å². The van der Waals surface area contributed by atoms with Crippen LogP contribution in [0.15, 0.2) is 4.90 Å². The van der Waals surface area contributed by atoms with Gasteiger partial charge in [-0.25, -0.2) is 8.42 Å². The van der Waals surface area contributed by atoms with Gasteiger partial charge in [0.2, 0.25) is 10.0 Å². The highest BCUT2D eigenvalue weighted by Crippen LogP contribution is 2.21. The highest BCUT2D eigenvalue weighted by Gasteiger charge is 2.29. The van der Waals surface area contributed by atoms with Crippen molar-refractivity contribution in [1.29, 1.82) is 0 Å². The Bertz CT molecular complexity index is 542. The Labute approximate surface area is 108 Å². The lowest BCUT2D eigenvalue weighted by molar-refractivity contribution is 0.444. The molecule has 6 nitrogen and oxygen atoms in total. The van der Waals surface area contributed by atoms with Crippen molar-refractivity contribution in [1.82, 2.24) is 14.5 Å². The number of aryl methyl sites for hydroxylation is 1. The molecule has 0 atom stereocenters. The first-order valence-corrected chi connectivity index (χ1v) is 7.10. The first-order chi connectivity index (χ1) is 8.48. The molecule has 0 aliphatic rings.